The number of benzene rings is 2. The number of rotatable bonds is 11. The van der Waals surface area contributed by atoms with Gasteiger partial charge in [0.1, 0.15) is 18.1 Å². The predicted molar refractivity (Wildman–Crippen MR) is 129 cm³/mol. The maximum atomic E-state index is 12.8. The number of amides is 2. The summed E-state index contributed by atoms with van der Waals surface area (Å²) in [6, 6.07) is 14.7. The molecule has 1 aliphatic heterocycles. The molecule has 8 heteroatoms. The van der Waals surface area contributed by atoms with Crippen molar-refractivity contribution in [3.63, 3.8) is 0 Å². The third-order valence-corrected chi connectivity index (χ3v) is 5.93. The smallest absolute Gasteiger partial charge is 0.417 e. The van der Waals surface area contributed by atoms with Crippen LogP contribution in [0, 0.1) is 6.92 Å². The van der Waals surface area contributed by atoms with Crippen molar-refractivity contribution in [3.8, 4) is 23.0 Å². The number of unbranched alkanes of at least 4 members (excludes halogenated alkanes) is 3. The van der Waals surface area contributed by atoms with E-state index in [1.165, 1.54) is 12.0 Å². The summed E-state index contributed by atoms with van der Waals surface area (Å²) in [4.78, 5) is 30.8. The van der Waals surface area contributed by atoms with Crippen molar-refractivity contribution in [2.75, 3.05) is 13.7 Å². The fourth-order valence-corrected chi connectivity index (χ4v) is 3.93. The number of aromatic nitrogens is 1. The fourth-order valence-electron chi connectivity index (χ4n) is 3.93. The standard InChI is InChI=1S/C27H30N2O6/c1-4-5-6-10-15-29-26(30)24(35-27(29)31)20-13-14-22(23(16-20)32-3)33-17-21-18(2)34-25(28-21)19-11-8-7-9-12-19/h7-9,11-14,16,24H,4-6,10,15,17H2,1-3H3. The predicted octanol–water partition coefficient (Wildman–Crippen LogP) is 5.84. The van der Waals surface area contributed by atoms with Crippen LogP contribution in [0.3, 0.4) is 0 Å². The number of imide groups is 1. The van der Waals surface area contributed by atoms with Gasteiger partial charge in [-0.05, 0) is 37.6 Å². The van der Waals surface area contributed by atoms with Gasteiger partial charge in [-0.25, -0.2) is 14.7 Å². The minimum atomic E-state index is -0.983. The second-order valence-corrected chi connectivity index (χ2v) is 8.40. The van der Waals surface area contributed by atoms with E-state index in [2.05, 4.69) is 11.9 Å². The highest BCUT2D eigenvalue weighted by molar-refractivity contribution is 6.00. The molecule has 1 aliphatic rings. The van der Waals surface area contributed by atoms with Crippen LogP contribution < -0.4 is 9.47 Å². The minimum Gasteiger partial charge on any atom is -0.493 e. The summed E-state index contributed by atoms with van der Waals surface area (Å²) in [5.74, 6) is 1.76. The molecule has 4 rings (SSSR count). The van der Waals surface area contributed by atoms with Gasteiger partial charge in [-0.2, -0.15) is 0 Å². The first kappa shape index (κ1) is 24.3. The number of carbonyl (C=O) groups is 2. The molecule has 184 valence electrons. The van der Waals surface area contributed by atoms with Crippen molar-refractivity contribution >= 4 is 12.0 Å². The number of carbonyl (C=O) groups excluding carboxylic acids is 2. The Morgan fingerprint density at radius 2 is 1.83 bits per heavy atom. The summed E-state index contributed by atoms with van der Waals surface area (Å²) >= 11 is 0. The Labute approximate surface area is 204 Å². The van der Waals surface area contributed by atoms with Crippen molar-refractivity contribution in [3.05, 3.63) is 65.5 Å². The molecule has 1 saturated heterocycles. The summed E-state index contributed by atoms with van der Waals surface area (Å²) in [5.41, 5.74) is 2.10. The molecule has 0 N–H and O–H groups in total. The van der Waals surface area contributed by atoms with E-state index in [9.17, 15) is 9.59 Å². The molecule has 35 heavy (non-hydrogen) atoms. The summed E-state index contributed by atoms with van der Waals surface area (Å²) in [5, 5.41) is 0. The van der Waals surface area contributed by atoms with Gasteiger partial charge in [0.25, 0.3) is 5.91 Å². The van der Waals surface area contributed by atoms with Crippen LogP contribution in [0.2, 0.25) is 0 Å². The molecule has 1 aromatic heterocycles. The van der Waals surface area contributed by atoms with Gasteiger partial charge in [-0.3, -0.25) is 4.79 Å². The number of methoxy groups -OCH3 is 1. The molecule has 3 aromatic rings. The number of oxazole rings is 1. The Morgan fingerprint density at radius 3 is 2.57 bits per heavy atom. The first-order chi connectivity index (χ1) is 17.0. The molecule has 0 spiro atoms. The first-order valence-electron chi connectivity index (χ1n) is 11.9. The molecule has 0 aliphatic carbocycles. The summed E-state index contributed by atoms with van der Waals surface area (Å²) in [7, 11) is 1.52. The zero-order valence-corrected chi connectivity index (χ0v) is 20.3. The number of nitrogens with zero attached hydrogens (tertiary/aromatic N) is 2. The zero-order chi connectivity index (χ0) is 24.8. The Kier molecular flexibility index (Phi) is 7.70. The molecule has 8 nitrogen and oxygen atoms in total. The first-order valence-corrected chi connectivity index (χ1v) is 11.9. The normalized spacial score (nSPS) is 15.4. The van der Waals surface area contributed by atoms with E-state index < -0.39 is 12.2 Å². The van der Waals surface area contributed by atoms with Gasteiger partial charge in [-0.15, -0.1) is 0 Å². The van der Waals surface area contributed by atoms with Gasteiger partial charge in [0.15, 0.2) is 11.5 Å². The van der Waals surface area contributed by atoms with Crippen LogP contribution in [0.25, 0.3) is 11.5 Å². The van der Waals surface area contributed by atoms with E-state index in [-0.39, 0.29) is 12.5 Å². The van der Waals surface area contributed by atoms with E-state index in [1.54, 1.807) is 18.2 Å². The second-order valence-electron chi connectivity index (χ2n) is 8.40. The summed E-state index contributed by atoms with van der Waals surface area (Å²) in [6.07, 6.45) is 2.30. The van der Waals surface area contributed by atoms with Crippen LogP contribution in [-0.4, -0.2) is 35.5 Å². The molecular formula is C27H30N2O6. The molecule has 2 heterocycles. The maximum absolute atomic E-state index is 12.8. The van der Waals surface area contributed by atoms with Crippen molar-refractivity contribution in [1.82, 2.24) is 9.88 Å². The van der Waals surface area contributed by atoms with E-state index in [4.69, 9.17) is 18.6 Å². The Hall–Kier alpha value is -3.81. The zero-order valence-electron chi connectivity index (χ0n) is 20.3. The average Bonchev–Trinajstić information content (AvgIpc) is 3.39. The molecule has 1 fully saturated rings. The molecule has 0 bridgehead atoms. The van der Waals surface area contributed by atoms with E-state index in [0.717, 1.165) is 31.2 Å². The molecule has 0 radical (unpaired) electrons. The van der Waals surface area contributed by atoms with Crippen molar-refractivity contribution < 1.29 is 28.2 Å². The van der Waals surface area contributed by atoms with E-state index in [0.29, 0.717) is 41.0 Å². The number of hydrogen-bond acceptors (Lipinski definition) is 7. The van der Waals surface area contributed by atoms with Crippen LogP contribution in [0.1, 0.15) is 55.7 Å². The Morgan fingerprint density at radius 1 is 1.03 bits per heavy atom. The Bertz CT molecular complexity index is 1170. The third kappa shape index (κ3) is 5.48. The number of ether oxygens (including phenoxy) is 3. The molecule has 1 unspecified atom stereocenters. The lowest BCUT2D eigenvalue weighted by Crippen LogP contribution is -2.30. The molecule has 0 saturated carbocycles. The second kappa shape index (κ2) is 11.1. The number of aryl methyl sites for hydroxylation is 1. The van der Waals surface area contributed by atoms with Crippen LogP contribution in [0.15, 0.2) is 52.9 Å². The monoisotopic (exact) mass is 478 g/mol. The summed E-state index contributed by atoms with van der Waals surface area (Å²) in [6.45, 7) is 4.50. The minimum absolute atomic E-state index is 0.181. The van der Waals surface area contributed by atoms with Gasteiger partial charge in [0, 0.05) is 17.7 Å². The number of cyclic esters (lactones) is 1. The maximum Gasteiger partial charge on any atom is 0.417 e. The highest BCUT2D eigenvalue weighted by Gasteiger charge is 2.41. The van der Waals surface area contributed by atoms with Crippen LogP contribution >= 0.6 is 0 Å². The molecule has 2 aromatic carbocycles. The van der Waals surface area contributed by atoms with Gasteiger partial charge in [-0.1, -0.05) is 50.5 Å². The van der Waals surface area contributed by atoms with E-state index >= 15 is 0 Å². The largest absolute Gasteiger partial charge is 0.493 e. The molecule has 2 amide bonds. The third-order valence-electron chi connectivity index (χ3n) is 5.93. The highest BCUT2D eigenvalue weighted by atomic mass is 16.6. The lowest BCUT2D eigenvalue weighted by Gasteiger charge is -2.14. The fraction of sp³-hybridized carbons (Fsp3) is 0.370. The van der Waals surface area contributed by atoms with Gasteiger partial charge < -0.3 is 18.6 Å². The van der Waals surface area contributed by atoms with Gasteiger partial charge in [0.05, 0.1) is 7.11 Å². The quantitative estimate of drug-likeness (QED) is 0.320. The van der Waals surface area contributed by atoms with Gasteiger partial charge in [0.2, 0.25) is 12.0 Å². The molecular weight excluding hydrogens is 448 g/mol. The van der Waals surface area contributed by atoms with E-state index in [1.807, 2.05) is 37.3 Å². The Balaban J connectivity index is 1.43. The summed E-state index contributed by atoms with van der Waals surface area (Å²) < 4.78 is 22.6. The van der Waals surface area contributed by atoms with Crippen LogP contribution in [-0.2, 0) is 16.1 Å². The van der Waals surface area contributed by atoms with Crippen molar-refractivity contribution in [1.29, 1.82) is 0 Å². The number of hydrogen-bond donors (Lipinski definition) is 0. The topological polar surface area (TPSA) is 91.1 Å². The highest BCUT2D eigenvalue weighted by Crippen LogP contribution is 2.35. The van der Waals surface area contributed by atoms with Crippen molar-refractivity contribution in [2.24, 2.45) is 0 Å². The molecule has 1 atom stereocenters. The lowest BCUT2D eigenvalue weighted by atomic mass is 10.1. The van der Waals surface area contributed by atoms with Crippen LogP contribution in [0.4, 0.5) is 4.79 Å². The lowest BCUT2D eigenvalue weighted by molar-refractivity contribution is -0.129. The van der Waals surface area contributed by atoms with Gasteiger partial charge >= 0.3 is 6.09 Å². The average molecular weight is 479 g/mol. The van der Waals surface area contributed by atoms with Crippen LogP contribution in [0.5, 0.6) is 11.5 Å². The van der Waals surface area contributed by atoms with Crippen molar-refractivity contribution in [2.45, 2.75) is 52.2 Å². The SMILES string of the molecule is CCCCCCN1C(=O)OC(c2ccc(OCc3nc(-c4ccccc4)oc3C)c(OC)c2)C1=O.